The van der Waals surface area contributed by atoms with Crippen molar-refractivity contribution in [2.75, 3.05) is 31.3 Å². The van der Waals surface area contributed by atoms with Crippen LogP contribution in [0.4, 0.5) is 0 Å². The maximum Gasteiger partial charge on any atom is 0.0394 e. The molecular formula is C19H32S2. The summed E-state index contributed by atoms with van der Waals surface area (Å²) >= 11 is 0. The number of hydrogen-bond donors (Lipinski definition) is 0. The van der Waals surface area contributed by atoms with Crippen LogP contribution in [0.5, 0.6) is 0 Å². The van der Waals surface area contributed by atoms with Crippen molar-refractivity contribution >= 4 is 24.2 Å². The average molecular weight is 325 g/mol. The molecule has 0 nitrogen and oxygen atoms in total. The van der Waals surface area contributed by atoms with Gasteiger partial charge in [-0.3, -0.25) is 0 Å². The maximum absolute atomic E-state index is 2.54. The molecule has 0 radical (unpaired) electrons. The number of rotatable bonds is 2. The van der Waals surface area contributed by atoms with Crippen molar-refractivity contribution < 1.29 is 0 Å². The summed E-state index contributed by atoms with van der Waals surface area (Å²) < 4.78 is 0. The van der Waals surface area contributed by atoms with Gasteiger partial charge in [-0.1, -0.05) is 38.1 Å². The first-order valence-electron chi connectivity index (χ1n) is 8.05. The summed E-state index contributed by atoms with van der Waals surface area (Å²) in [6, 6.07) is 5.02. The molecule has 120 valence electrons. The van der Waals surface area contributed by atoms with Crippen LogP contribution >= 0.6 is 18.1 Å². The third-order valence-corrected chi connectivity index (χ3v) is 17.5. The minimum absolute atomic E-state index is 0.510. The van der Waals surface area contributed by atoms with Gasteiger partial charge in [-0.25, -0.2) is 18.1 Å². The second-order valence-corrected chi connectivity index (χ2v) is 19.1. The fourth-order valence-electron chi connectivity index (χ4n) is 3.15. The molecule has 0 bridgehead atoms. The zero-order valence-electron chi connectivity index (χ0n) is 14.8. The van der Waals surface area contributed by atoms with Gasteiger partial charge in [0.25, 0.3) is 0 Å². The van der Waals surface area contributed by atoms with Crippen molar-refractivity contribution in [2.24, 2.45) is 0 Å². The molecule has 0 N–H and O–H groups in total. The highest BCUT2D eigenvalue weighted by Gasteiger charge is 2.35. The number of benzene rings is 1. The van der Waals surface area contributed by atoms with E-state index < -0.39 is 18.1 Å². The summed E-state index contributed by atoms with van der Waals surface area (Å²) in [4.78, 5) is 0. The minimum Gasteiger partial charge on any atom is -0.218 e. The molecule has 0 heterocycles. The van der Waals surface area contributed by atoms with E-state index in [4.69, 9.17) is 0 Å². The Hall–Kier alpha value is -0.340. The van der Waals surface area contributed by atoms with E-state index in [-0.39, 0.29) is 0 Å². The molecule has 1 aromatic carbocycles. The van der Waals surface area contributed by atoms with E-state index in [1.165, 1.54) is 24.8 Å². The van der Waals surface area contributed by atoms with Gasteiger partial charge < -0.3 is 0 Å². The van der Waals surface area contributed by atoms with E-state index in [2.05, 4.69) is 55.6 Å². The highest BCUT2D eigenvalue weighted by molar-refractivity contribution is 9.07. The van der Waals surface area contributed by atoms with Gasteiger partial charge in [0.05, 0.1) is 0 Å². The molecule has 0 fully saturated rings. The normalized spacial score (nSPS) is 21.4. The predicted octanol–water partition coefficient (Wildman–Crippen LogP) is 5.94. The van der Waals surface area contributed by atoms with Gasteiger partial charge in [-0.15, -0.1) is 0 Å². The van der Waals surface area contributed by atoms with Crippen LogP contribution in [-0.2, 0) is 12.8 Å². The molecule has 0 amide bonds. The van der Waals surface area contributed by atoms with Crippen LogP contribution in [0.3, 0.4) is 0 Å². The zero-order valence-corrected chi connectivity index (χ0v) is 16.5. The summed E-state index contributed by atoms with van der Waals surface area (Å²) in [5.74, 6) is 0. The lowest BCUT2D eigenvalue weighted by Crippen LogP contribution is -2.12. The lowest BCUT2D eigenvalue weighted by atomic mass is 10.0. The third-order valence-electron chi connectivity index (χ3n) is 4.95. The molecule has 0 aliphatic heterocycles. The second kappa shape index (κ2) is 6.04. The van der Waals surface area contributed by atoms with Crippen LogP contribution in [0.25, 0.3) is 6.08 Å². The molecule has 0 saturated heterocycles. The lowest BCUT2D eigenvalue weighted by molar-refractivity contribution is 0.911. The van der Waals surface area contributed by atoms with Gasteiger partial charge in [0.2, 0.25) is 0 Å². The van der Waals surface area contributed by atoms with Gasteiger partial charge >= 0.3 is 0 Å². The standard InChI is InChI=1S/C17H26S2.C2H6/c1-18(2,3)19(4,5)17-10-9-15-11-13-7-6-8-14(13)12-16(15)17;1-2/h9-12,17H,6-8H2,1-5H3;1-2H3. The van der Waals surface area contributed by atoms with Gasteiger partial charge in [0.1, 0.15) is 0 Å². The lowest BCUT2D eigenvalue weighted by Gasteiger charge is -2.52. The molecule has 2 aliphatic carbocycles. The molecule has 2 heteroatoms. The summed E-state index contributed by atoms with van der Waals surface area (Å²) in [7, 11) is -1.12. The molecule has 0 saturated carbocycles. The minimum atomic E-state index is -0.610. The van der Waals surface area contributed by atoms with Crippen LogP contribution in [-0.4, -0.2) is 31.3 Å². The van der Waals surface area contributed by atoms with Crippen molar-refractivity contribution in [2.45, 2.75) is 38.4 Å². The Bertz CT molecular complexity index is 547. The Morgan fingerprint density at radius 3 is 2.05 bits per heavy atom. The largest absolute Gasteiger partial charge is 0.218 e. The summed E-state index contributed by atoms with van der Waals surface area (Å²) in [5.41, 5.74) is 6.38. The summed E-state index contributed by atoms with van der Waals surface area (Å²) in [6.45, 7) is 4.00. The summed E-state index contributed by atoms with van der Waals surface area (Å²) in [5, 5.41) is 0.684. The first-order valence-corrected chi connectivity index (χ1v) is 13.9. The Morgan fingerprint density at radius 2 is 1.48 bits per heavy atom. The predicted molar refractivity (Wildman–Crippen MR) is 106 cm³/mol. The van der Waals surface area contributed by atoms with E-state index in [0.29, 0.717) is 5.25 Å². The average Bonchev–Trinajstić information content (AvgIpc) is 3.02. The molecule has 1 unspecified atom stereocenters. The van der Waals surface area contributed by atoms with Gasteiger partial charge in [0, 0.05) is 5.25 Å². The van der Waals surface area contributed by atoms with E-state index in [1.807, 2.05) is 13.8 Å². The van der Waals surface area contributed by atoms with E-state index in [9.17, 15) is 0 Å². The number of aryl methyl sites for hydroxylation is 2. The van der Waals surface area contributed by atoms with Gasteiger partial charge in [-0.05, 0) is 72.8 Å². The van der Waals surface area contributed by atoms with Crippen molar-refractivity contribution in [3.63, 3.8) is 0 Å². The zero-order chi connectivity index (χ0) is 15.8. The highest BCUT2D eigenvalue weighted by atomic mass is 33.2. The summed E-state index contributed by atoms with van der Waals surface area (Å²) in [6.07, 6.45) is 21.4. The third kappa shape index (κ3) is 2.94. The molecule has 0 spiro atoms. The molecular weight excluding hydrogens is 292 g/mol. The van der Waals surface area contributed by atoms with Crippen LogP contribution in [0, 0.1) is 0 Å². The van der Waals surface area contributed by atoms with E-state index >= 15 is 0 Å². The van der Waals surface area contributed by atoms with E-state index in [1.54, 1.807) is 16.7 Å². The molecule has 21 heavy (non-hydrogen) atoms. The van der Waals surface area contributed by atoms with E-state index in [0.717, 1.165) is 0 Å². The Balaban J connectivity index is 0.000000774. The van der Waals surface area contributed by atoms with Crippen molar-refractivity contribution in [1.82, 2.24) is 0 Å². The molecule has 1 atom stereocenters. The maximum atomic E-state index is 2.54. The van der Waals surface area contributed by atoms with Crippen LogP contribution in [0.1, 0.15) is 47.8 Å². The van der Waals surface area contributed by atoms with Gasteiger partial charge in [0.15, 0.2) is 0 Å². The molecule has 3 rings (SSSR count). The Morgan fingerprint density at radius 1 is 0.905 bits per heavy atom. The van der Waals surface area contributed by atoms with Crippen LogP contribution in [0.15, 0.2) is 18.2 Å². The smallest absolute Gasteiger partial charge is 0.0394 e. The first-order chi connectivity index (χ1) is 9.80. The Kier molecular flexibility index (Phi) is 4.90. The van der Waals surface area contributed by atoms with Crippen LogP contribution < -0.4 is 0 Å². The monoisotopic (exact) mass is 324 g/mol. The SMILES string of the molecule is CC.CS(C)(C)S(C)(C)C1C=Cc2cc3c(cc21)CCC3. The topological polar surface area (TPSA) is 0 Å². The second-order valence-electron chi connectivity index (χ2n) is 6.92. The Labute approximate surface area is 134 Å². The fraction of sp³-hybridized carbons (Fsp3) is 0.579. The fourth-order valence-corrected chi connectivity index (χ4v) is 7.42. The number of hydrogen-bond acceptors (Lipinski definition) is 0. The molecule has 2 aliphatic rings. The van der Waals surface area contributed by atoms with Crippen LogP contribution in [0.2, 0.25) is 0 Å². The molecule has 1 aromatic rings. The van der Waals surface area contributed by atoms with Crippen molar-refractivity contribution in [3.05, 3.63) is 40.5 Å². The quantitative estimate of drug-likeness (QED) is 0.590. The van der Waals surface area contributed by atoms with Crippen molar-refractivity contribution in [1.29, 1.82) is 0 Å². The molecule has 0 aromatic heterocycles. The highest BCUT2D eigenvalue weighted by Crippen LogP contribution is 2.79. The van der Waals surface area contributed by atoms with Crippen molar-refractivity contribution in [3.8, 4) is 0 Å². The van der Waals surface area contributed by atoms with Gasteiger partial charge in [-0.2, -0.15) is 0 Å². The first kappa shape index (κ1) is 17.0. The number of fused-ring (bicyclic) bond motifs is 2.